The van der Waals surface area contributed by atoms with Crippen LogP contribution < -0.4 is 16.2 Å². The summed E-state index contributed by atoms with van der Waals surface area (Å²) in [6, 6.07) is 11.0. The third kappa shape index (κ3) is 7.65. The minimum Gasteiger partial charge on any atom is -0.368 e. The van der Waals surface area contributed by atoms with Crippen LogP contribution in [0, 0.1) is 28.6 Å². The Morgan fingerprint density at radius 2 is 1.80 bits per heavy atom. The largest absolute Gasteiger partial charge is 0.368 e. The van der Waals surface area contributed by atoms with Crippen molar-refractivity contribution in [1.29, 1.82) is 10.5 Å². The first kappa shape index (κ1) is 36.7. The zero-order chi connectivity index (χ0) is 38.8. The molecule has 5 aromatic heterocycles. The van der Waals surface area contributed by atoms with Gasteiger partial charge in [0.25, 0.3) is 5.56 Å². The van der Waals surface area contributed by atoms with E-state index in [1.807, 2.05) is 29.1 Å². The Hall–Kier alpha value is -6.26. The van der Waals surface area contributed by atoms with E-state index in [9.17, 15) is 24.9 Å². The van der Waals surface area contributed by atoms with Crippen molar-refractivity contribution in [2.24, 2.45) is 5.92 Å². The molecule has 2 N–H and O–H groups in total. The molecule has 5 aromatic rings. The summed E-state index contributed by atoms with van der Waals surface area (Å²) in [5.41, 5.74) is 3.88. The molecule has 0 bridgehead atoms. The molecule has 7 heterocycles. The van der Waals surface area contributed by atoms with Crippen molar-refractivity contribution in [3.05, 3.63) is 82.4 Å². The van der Waals surface area contributed by atoms with Crippen molar-refractivity contribution in [3.8, 4) is 23.6 Å². The molecule has 0 aromatic carbocycles. The second kappa shape index (κ2) is 15.8. The van der Waals surface area contributed by atoms with Gasteiger partial charge >= 0.3 is 0 Å². The van der Waals surface area contributed by atoms with E-state index >= 15 is 0 Å². The number of nitriles is 2. The van der Waals surface area contributed by atoms with Gasteiger partial charge in [0, 0.05) is 61.4 Å². The topological polar surface area (TPSA) is 205 Å². The summed E-state index contributed by atoms with van der Waals surface area (Å²) in [4.78, 5) is 48.5. The standard InChI is InChI=1S/C40H43N13O3/c1-25(19-41)46-33-18-36(53-39-30(22-45-53)16-27(20-42)21-44-39)43-23-35(33)52-24-34(48-49-52)28-4-2-26(3-5-28)8-12-50-13-10-31(11-14-50)51-15-9-29(17-38(51)55)32-6-7-37(54)47-40(32)56/h9,15-18,21-26,28,31-32H,2-8,10-14H2,1H3,(H,43,46)(H,47,54,56)/t25-,26?,28?,32?/m1/s1. The fourth-order valence-corrected chi connectivity index (χ4v) is 8.42. The highest BCUT2D eigenvalue weighted by molar-refractivity contribution is 6.00. The molecular formula is C40H43N13O3. The summed E-state index contributed by atoms with van der Waals surface area (Å²) in [6.07, 6.45) is 16.7. The number of hydrogen-bond acceptors (Lipinski definition) is 12. The van der Waals surface area contributed by atoms with Crippen LogP contribution in [0.15, 0.2) is 60.0 Å². The van der Waals surface area contributed by atoms with Gasteiger partial charge in [-0.3, -0.25) is 19.7 Å². The van der Waals surface area contributed by atoms with Crippen LogP contribution in [0.25, 0.3) is 22.5 Å². The summed E-state index contributed by atoms with van der Waals surface area (Å²) >= 11 is 0. The molecule has 0 spiro atoms. The van der Waals surface area contributed by atoms with Gasteiger partial charge in [-0.1, -0.05) is 5.21 Å². The smallest absolute Gasteiger partial charge is 0.251 e. The average Bonchev–Trinajstić information content (AvgIpc) is 3.88. The average molecular weight is 754 g/mol. The molecule has 2 amide bonds. The van der Waals surface area contributed by atoms with Crippen molar-refractivity contribution < 1.29 is 9.59 Å². The molecule has 2 atom stereocenters. The molecule has 16 nitrogen and oxygen atoms in total. The maximum absolute atomic E-state index is 13.1. The molecule has 3 aliphatic rings. The SMILES string of the molecule is C[C@H](C#N)Nc1cc(-n2ncc3cc(C#N)cnc32)ncc1-n1cc(C2CCC(CCN3CCC(n4ccc(C5CCC(=O)NC5=O)cc4=O)CC3)CC2)nn1. The number of hydrogen-bond donors (Lipinski definition) is 2. The number of imide groups is 1. The van der Waals surface area contributed by atoms with Gasteiger partial charge in [-0.25, -0.2) is 14.6 Å². The Kier molecular flexibility index (Phi) is 10.4. The second-order valence-electron chi connectivity index (χ2n) is 15.2. The third-order valence-electron chi connectivity index (χ3n) is 11.6. The van der Waals surface area contributed by atoms with E-state index in [1.165, 1.54) is 6.20 Å². The van der Waals surface area contributed by atoms with Crippen molar-refractivity contribution in [2.75, 3.05) is 25.0 Å². The first-order valence-electron chi connectivity index (χ1n) is 19.4. The highest BCUT2D eigenvalue weighted by Crippen LogP contribution is 2.37. The lowest BCUT2D eigenvalue weighted by atomic mass is 9.79. The molecule has 1 aliphatic carbocycles. The Bertz CT molecular complexity index is 2400. The first-order valence-corrected chi connectivity index (χ1v) is 19.4. The van der Waals surface area contributed by atoms with Gasteiger partial charge in [-0.05, 0) is 88.4 Å². The van der Waals surface area contributed by atoms with Crippen LogP contribution >= 0.6 is 0 Å². The molecule has 56 heavy (non-hydrogen) atoms. The number of carbonyl (C=O) groups is 2. The lowest BCUT2D eigenvalue weighted by Gasteiger charge is -2.35. The minimum atomic E-state index is -0.477. The fourth-order valence-electron chi connectivity index (χ4n) is 8.42. The van der Waals surface area contributed by atoms with E-state index in [0.717, 1.165) is 75.7 Å². The number of nitrogens with zero attached hydrogens (tertiary/aromatic N) is 11. The van der Waals surface area contributed by atoms with Crippen LogP contribution in [0.3, 0.4) is 0 Å². The monoisotopic (exact) mass is 753 g/mol. The molecule has 8 rings (SSSR count). The molecule has 3 fully saturated rings. The van der Waals surface area contributed by atoms with E-state index in [-0.39, 0.29) is 23.4 Å². The Morgan fingerprint density at radius 3 is 2.55 bits per heavy atom. The number of aromatic nitrogens is 8. The van der Waals surface area contributed by atoms with Gasteiger partial charge in [-0.2, -0.15) is 20.3 Å². The van der Waals surface area contributed by atoms with E-state index in [0.29, 0.717) is 58.6 Å². The Balaban J connectivity index is 0.843. The second-order valence-corrected chi connectivity index (χ2v) is 15.2. The minimum absolute atomic E-state index is 0.0861. The summed E-state index contributed by atoms with van der Waals surface area (Å²) in [7, 11) is 0. The summed E-state index contributed by atoms with van der Waals surface area (Å²) < 4.78 is 5.13. The van der Waals surface area contributed by atoms with Crippen LogP contribution in [0.2, 0.25) is 0 Å². The quantitative estimate of drug-likeness (QED) is 0.192. The number of carbonyl (C=O) groups excluding carboxylic acids is 2. The van der Waals surface area contributed by atoms with E-state index < -0.39 is 12.0 Å². The predicted molar refractivity (Wildman–Crippen MR) is 205 cm³/mol. The van der Waals surface area contributed by atoms with E-state index in [4.69, 9.17) is 0 Å². The molecule has 0 radical (unpaired) electrons. The van der Waals surface area contributed by atoms with Gasteiger partial charge in [0.2, 0.25) is 11.8 Å². The summed E-state index contributed by atoms with van der Waals surface area (Å²) in [6.45, 7) is 4.72. The normalized spacial score (nSPS) is 21.3. The van der Waals surface area contributed by atoms with Gasteiger partial charge in [0.05, 0.1) is 47.5 Å². The number of fused-ring (bicyclic) bond motifs is 1. The molecule has 1 saturated carbocycles. The van der Waals surface area contributed by atoms with Gasteiger partial charge in [0.15, 0.2) is 11.5 Å². The van der Waals surface area contributed by atoms with Crippen molar-refractivity contribution >= 4 is 28.5 Å². The predicted octanol–water partition coefficient (Wildman–Crippen LogP) is 4.27. The fraction of sp³-hybridized carbons (Fsp3) is 0.450. The molecule has 2 aliphatic heterocycles. The van der Waals surface area contributed by atoms with Crippen LogP contribution in [0.1, 0.15) is 99.4 Å². The van der Waals surface area contributed by atoms with E-state index in [1.54, 1.807) is 40.8 Å². The van der Waals surface area contributed by atoms with Crippen LogP contribution in [-0.4, -0.2) is 81.7 Å². The molecule has 16 heteroatoms. The van der Waals surface area contributed by atoms with Gasteiger partial charge in [0.1, 0.15) is 17.8 Å². The van der Waals surface area contributed by atoms with Crippen LogP contribution in [-0.2, 0) is 9.59 Å². The number of piperidine rings is 2. The Labute approximate surface area is 323 Å². The number of anilines is 1. The third-order valence-corrected chi connectivity index (χ3v) is 11.6. The highest BCUT2D eigenvalue weighted by Gasteiger charge is 2.30. The van der Waals surface area contributed by atoms with Gasteiger partial charge in [-0.15, -0.1) is 5.10 Å². The number of likely N-dealkylation sites (tertiary alicyclic amines) is 1. The number of rotatable bonds is 10. The summed E-state index contributed by atoms with van der Waals surface area (Å²) in [5, 5.41) is 38.7. The molecular weight excluding hydrogens is 711 g/mol. The molecule has 2 saturated heterocycles. The zero-order valence-electron chi connectivity index (χ0n) is 31.2. The lowest BCUT2D eigenvalue weighted by molar-refractivity contribution is -0.134. The van der Waals surface area contributed by atoms with Crippen LogP contribution in [0.4, 0.5) is 5.69 Å². The molecule has 286 valence electrons. The number of pyridine rings is 3. The van der Waals surface area contributed by atoms with Crippen LogP contribution in [0.5, 0.6) is 0 Å². The van der Waals surface area contributed by atoms with E-state index in [2.05, 4.69) is 53.1 Å². The first-order chi connectivity index (χ1) is 27.3. The zero-order valence-corrected chi connectivity index (χ0v) is 31.2. The molecule has 1 unspecified atom stereocenters. The lowest BCUT2D eigenvalue weighted by Crippen LogP contribution is -2.40. The Morgan fingerprint density at radius 1 is 0.982 bits per heavy atom. The van der Waals surface area contributed by atoms with Crippen molar-refractivity contribution in [1.82, 2.24) is 49.5 Å². The maximum atomic E-state index is 13.1. The number of nitrogens with one attached hydrogen (secondary N) is 2. The number of amides is 2. The van der Waals surface area contributed by atoms with Gasteiger partial charge < -0.3 is 14.8 Å². The van der Waals surface area contributed by atoms with Crippen molar-refractivity contribution in [3.63, 3.8) is 0 Å². The highest BCUT2D eigenvalue weighted by atomic mass is 16.2. The maximum Gasteiger partial charge on any atom is 0.251 e. The van der Waals surface area contributed by atoms with Crippen molar-refractivity contribution in [2.45, 2.75) is 88.6 Å². The summed E-state index contributed by atoms with van der Waals surface area (Å²) in [5.74, 6) is 0.446.